The summed E-state index contributed by atoms with van der Waals surface area (Å²) in [5.41, 5.74) is 1.13. The van der Waals surface area contributed by atoms with Crippen molar-refractivity contribution in [2.75, 3.05) is 32.5 Å². The summed E-state index contributed by atoms with van der Waals surface area (Å²) in [5.74, 6) is -0.267. The summed E-state index contributed by atoms with van der Waals surface area (Å²) in [6, 6.07) is 11.6. The quantitative estimate of drug-likeness (QED) is 0.552. The normalized spacial score (nSPS) is 10.8. The predicted molar refractivity (Wildman–Crippen MR) is 103 cm³/mol. The first-order chi connectivity index (χ1) is 11.7. The Morgan fingerprint density at radius 3 is 2.12 bits per heavy atom. The molecular weight excluding hydrogens is 418 g/mol. The molecule has 140 valence electrons. The van der Waals surface area contributed by atoms with Crippen LogP contribution < -0.4 is 17.7 Å². The fourth-order valence-corrected chi connectivity index (χ4v) is 2.76. The number of Topliss-reactive ketones (excluding diaryl/α,β-unsaturated/α-hetero) is 1. The van der Waals surface area contributed by atoms with Gasteiger partial charge in [-0.1, -0.05) is 34.8 Å². The Kier molecular flexibility index (Phi) is 8.38. The minimum absolute atomic E-state index is 0. The first-order valence-electron chi connectivity index (χ1n) is 7.52. The van der Waals surface area contributed by atoms with Crippen LogP contribution in [0.3, 0.4) is 0 Å². The van der Waals surface area contributed by atoms with Crippen molar-refractivity contribution in [1.29, 1.82) is 0 Å². The Hall–Kier alpha value is -1.30. The number of rotatable bonds is 6. The molecule has 0 fully saturated rings. The summed E-state index contributed by atoms with van der Waals surface area (Å²) in [7, 11) is 3.64. The highest BCUT2D eigenvalue weighted by Crippen LogP contribution is 2.25. The van der Waals surface area contributed by atoms with E-state index in [0.717, 1.165) is 0 Å². The van der Waals surface area contributed by atoms with E-state index in [1.54, 1.807) is 42.5 Å². The molecule has 1 N–H and O–H groups in total. The number of quaternary nitrogens is 1. The van der Waals surface area contributed by atoms with Crippen LogP contribution in [0.5, 0.6) is 0 Å². The molecule has 0 bridgehead atoms. The standard InChI is InChI=1S/C18H17Cl3N2O2.ClH/c1-23(2,10-17(24)12-3-5-13(19)6-4-12)11-18(25)22-14-7-8-15(20)16(21)9-14;/h3-9H,10-11H2,1-2H3;1H. The summed E-state index contributed by atoms with van der Waals surface area (Å²) in [5, 5.41) is 4.12. The molecule has 0 aliphatic carbocycles. The molecule has 26 heavy (non-hydrogen) atoms. The van der Waals surface area contributed by atoms with E-state index in [-0.39, 0.29) is 41.7 Å². The van der Waals surface area contributed by atoms with Crippen molar-refractivity contribution in [2.45, 2.75) is 0 Å². The molecule has 2 aromatic carbocycles. The third kappa shape index (κ3) is 6.78. The van der Waals surface area contributed by atoms with Gasteiger partial charge in [0.25, 0.3) is 5.91 Å². The smallest absolute Gasteiger partial charge is 0.279 e. The fourth-order valence-electron chi connectivity index (χ4n) is 2.33. The molecule has 4 nitrogen and oxygen atoms in total. The number of carbonyl (C=O) groups excluding carboxylic acids is 2. The summed E-state index contributed by atoms with van der Waals surface area (Å²) < 4.78 is 0.217. The second-order valence-electron chi connectivity index (χ2n) is 6.36. The lowest BCUT2D eigenvalue weighted by Crippen LogP contribution is -3.00. The number of amides is 1. The number of hydrogen-bond donors (Lipinski definition) is 1. The second kappa shape index (κ2) is 9.58. The van der Waals surface area contributed by atoms with E-state index in [1.807, 2.05) is 14.1 Å². The van der Waals surface area contributed by atoms with E-state index in [1.165, 1.54) is 0 Å². The third-order valence-corrected chi connectivity index (χ3v) is 4.50. The fraction of sp³-hybridized carbons (Fsp3) is 0.222. The van der Waals surface area contributed by atoms with Crippen LogP contribution in [0.4, 0.5) is 5.69 Å². The number of benzene rings is 2. The van der Waals surface area contributed by atoms with E-state index >= 15 is 0 Å². The topological polar surface area (TPSA) is 46.2 Å². The lowest BCUT2D eigenvalue weighted by molar-refractivity contribution is -0.873. The summed E-state index contributed by atoms with van der Waals surface area (Å²) >= 11 is 17.6. The second-order valence-corrected chi connectivity index (χ2v) is 7.61. The van der Waals surface area contributed by atoms with Gasteiger partial charge in [-0.05, 0) is 42.5 Å². The van der Waals surface area contributed by atoms with Gasteiger partial charge in [0, 0.05) is 16.3 Å². The van der Waals surface area contributed by atoms with Crippen molar-refractivity contribution >= 4 is 52.2 Å². The van der Waals surface area contributed by atoms with Gasteiger partial charge in [0.1, 0.15) is 6.54 Å². The Morgan fingerprint density at radius 1 is 0.923 bits per heavy atom. The maximum absolute atomic E-state index is 12.4. The van der Waals surface area contributed by atoms with Crippen molar-refractivity contribution in [3.8, 4) is 0 Å². The first-order valence-corrected chi connectivity index (χ1v) is 8.65. The lowest BCUT2D eigenvalue weighted by Gasteiger charge is -2.28. The highest BCUT2D eigenvalue weighted by Gasteiger charge is 2.24. The van der Waals surface area contributed by atoms with Gasteiger partial charge in [-0.25, -0.2) is 0 Å². The molecule has 0 heterocycles. The molecule has 0 radical (unpaired) electrons. The number of halogens is 4. The SMILES string of the molecule is C[N+](C)(CC(=O)Nc1ccc(Cl)c(Cl)c1)CC(=O)c1ccc(Cl)cc1.[Cl-]. The van der Waals surface area contributed by atoms with Gasteiger partial charge in [0.05, 0.1) is 24.1 Å². The summed E-state index contributed by atoms with van der Waals surface area (Å²) in [6.45, 7) is 0.329. The Balaban J connectivity index is 0.00000338. The molecule has 8 heteroatoms. The highest BCUT2D eigenvalue weighted by atomic mass is 35.5. The summed E-state index contributed by atoms with van der Waals surface area (Å²) in [4.78, 5) is 24.6. The molecule has 0 aliphatic rings. The van der Waals surface area contributed by atoms with Gasteiger partial charge in [-0.3, -0.25) is 9.59 Å². The maximum atomic E-state index is 12.4. The van der Waals surface area contributed by atoms with Gasteiger partial charge in [-0.2, -0.15) is 0 Å². The number of anilines is 1. The van der Waals surface area contributed by atoms with Crippen LogP contribution in [-0.4, -0.2) is 43.4 Å². The van der Waals surface area contributed by atoms with Gasteiger partial charge in [0.2, 0.25) is 5.78 Å². The molecular formula is C18H18Cl4N2O2. The third-order valence-electron chi connectivity index (χ3n) is 3.51. The van der Waals surface area contributed by atoms with E-state index in [9.17, 15) is 9.59 Å². The van der Waals surface area contributed by atoms with E-state index in [0.29, 0.717) is 26.3 Å². The van der Waals surface area contributed by atoms with E-state index in [4.69, 9.17) is 34.8 Å². The largest absolute Gasteiger partial charge is 1.00 e. The highest BCUT2D eigenvalue weighted by molar-refractivity contribution is 6.42. The van der Waals surface area contributed by atoms with Crippen molar-refractivity contribution in [3.63, 3.8) is 0 Å². The Morgan fingerprint density at radius 2 is 1.54 bits per heavy atom. The average Bonchev–Trinajstić information content (AvgIpc) is 2.50. The minimum atomic E-state index is -0.215. The molecule has 2 aromatic rings. The van der Waals surface area contributed by atoms with E-state index < -0.39 is 0 Å². The summed E-state index contributed by atoms with van der Waals surface area (Å²) in [6.07, 6.45) is 0. The predicted octanol–water partition coefficient (Wildman–Crippen LogP) is 1.55. The molecule has 0 unspecified atom stereocenters. The zero-order valence-electron chi connectivity index (χ0n) is 14.2. The van der Waals surface area contributed by atoms with Crippen LogP contribution >= 0.6 is 34.8 Å². The molecule has 1 amide bonds. The lowest BCUT2D eigenvalue weighted by atomic mass is 10.1. The maximum Gasteiger partial charge on any atom is 0.279 e. The molecule has 0 atom stereocenters. The Labute approximate surface area is 174 Å². The number of likely N-dealkylation sites (N-methyl/N-ethyl adjacent to an activating group) is 1. The molecule has 0 spiro atoms. The minimum Gasteiger partial charge on any atom is -1.00 e. The number of hydrogen-bond acceptors (Lipinski definition) is 2. The van der Waals surface area contributed by atoms with Gasteiger partial charge in [-0.15, -0.1) is 0 Å². The Bertz CT molecular complexity index is 792. The van der Waals surface area contributed by atoms with E-state index in [2.05, 4.69) is 5.32 Å². The molecule has 0 saturated heterocycles. The van der Waals surface area contributed by atoms with Gasteiger partial charge in [0.15, 0.2) is 6.54 Å². The monoisotopic (exact) mass is 434 g/mol. The first kappa shape index (κ1) is 22.7. The number of nitrogens with one attached hydrogen (secondary N) is 1. The zero-order valence-corrected chi connectivity index (χ0v) is 17.3. The molecule has 0 aliphatic heterocycles. The molecule has 2 rings (SSSR count). The van der Waals surface area contributed by atoms with Crippen LogP contribution in [-0.2, 0) is 4.79 Å². The van der Waals surface area contributed by atoms with Crippen molar-refractivity contribution in [1.82, 2.24) is 0 Å². The van der Waals surface area contributed by atoms with Crippen molar-refractivity contribution in [2.24, 2.45) is 0 Å². The number of carbonyl (C=O) groups is 2. The number of ketones is 1. The van der Waals surface area contributed by atoms with Crippen LogP contribution in [0.1, 0.15) is 10.4 Å². The van der Waals surface area contributed by atoms with Crippen LogP contribution in [0.15, 0.2) is 42.5 Å². The van der Waals surface area contributed by atoms with Crippen molar-refractivity contribution < 1.29 is 26.5 Å². The zero-order chi connectivity index (χ0) is 18.6. The number of nitrogens with zero attached hydrogens (tertiary/aromatic N) is 1. The van der Waals surface area contributed by atoms with Crippen molar-refractivity contribution in [3.05, 3.63) is 63.1 Å². The van der Waals surface area contributed by atoms with Gasteiger partial charge < -0.3 is 22.2 Å². The average molecular weight is 436 g/mol. The molecule has 0 saturated carbocycles. The van der Waals surface area contributed by atoms with Gasteiger partial charge >= 0.3 is 0 Å². The molecule has 0 aromatic heterocycles. The van der Waals surface area contributed by atoms with Crippen LogP contribution in [0, 0.1) is 0 Å². The van der Waals surface area contributed by atoms with Crippen LogP contribution in [0.2, 0.25) is 15.1 Å². The van der Waals surface area contributed by atoms with Crippen LogP contribution in [0.25, 0.3) is 0 Å².